The number of aliphatic hydroxyl groups is 1. The molecule has 1 fully saturated rings. The van der Waals surface area contributed by atoms with E-state index in [9.17, 15) is 14.7 Å². The van der Waals surface area contributed by atoms with Crippen LogP contribution in [0.25, 0.3) is 0 Å². The molecule has 1 saturated carbocycles. The Bertz CT molecular complexity index is 646. The third-order valence-corrected chi connectivity index (χ3v) is 4.37. The molecule has 3 atom stereocenters. The Morgan fingerprint density at radius 2 is 2.36 bits per heavy atom. The molecule has 0 spiro atoms. The third kappa shape index (κ3) is 2.37. The number of nitrogen functional groups attached to an aromatic ring is 1. The molecule has 2 aliphatic rings. The average molecular weight is 309 g/mol. The first kappa shape index (κ1) is 14.6. The molecule has 120 valence electrons. The number of esters is 1. The fraction of sp³-hybridized carbons (Fsp3) is 0.615. The number of ether oxygens (including phenoxy) is 1. The van der Waals surface area contributed by atoms with Crippen LogP contribution in [0.3, 0.4) is 0 Å². The smallest absolute Gasteiger partial charge is 0.302 e. The lowest BCUT2D eigenvalue weighted by Gasteiger charge is -2.48. The van der Waals surface area contributed by atoms with Crippen LogP contribution in [0, 0.1) is 11.8 Å². The summed E-state index contributed by atoms with van der Waals surface area (Å²) in [6.07, 6.45) is 0.748. The minimum absolute atomic E-state index is 0.00367. The van der Waals surface area contributed by atoms with Gasteiger partial charge in [-0.25, -0.2) is 0 Å². The minimum atomic E-state index is -0.346. The lowest BCUT2D eigenvalue weighted by Crippen LogP contribution is -2.55. The number of hydrogen-bond acceptors (Lipinski definition) is 8. The van der Waals surface area contributed by atoms with E-state index >= 15 is 0 Å². The van der Waals surface area contributed by atoms with Gasteiger partial charge in [0.1, 0.15) is 5.69 Å². The summed E-state index contributed by atoms with van der Waals surface area (Å²) >= 11 is 0. The van der Waals surface area contributed by atoms with E-state index in [4.69, 9.17) is 10.5 Å². The molecular formula is C13H19N5O4. The Kier molecular flexibility index (Phi) is 3.65. The zero-order chi connectivity index (χ0) is 15.9. The highest BCUT2D eigenvalue weighted by atomic mass is 16.5. The van der Waals surface area contributed by atoms with E-state index in [0.717, 1.165) is 6.42 Å². The Morgan fingerprint density at radius 3 is 3.05 bits per heavy atom. The van der Waals surface area contributed by atoms with Crippen LogP contribution in [0.1, 0.15) is 13.3 Å². The standard InChI is InChI=1S/C13H19N5O4/c1-6(20)22-4-8-7(3-19)2-9(8)18-5-15-10-11(18)16-13(14)17-12(10)21/h7-9,15,19H,2-5H2,1H3,(H3,14,16,17,21)/t7-,8-,9-/m1/s1. The molecule has 1 aromatic heterocycles. The second-order valence-electron chi connectivity index (χ2n) is 5.67. The first-order valence-corrected chi connectivity index (χ1v) is 7.15. The van der Waals surface area contributed by atoms with Crippen molar-refractivity contribution < 1.29 is 14.6 Å². The summed E-state index contributed by atoms with van der Waals surface area (Å²) in [6, 6.07) is 0.0407. The van der Waals surface area contributed by atoms with Crippen LogP contribution in [0.2, 0.25) is 0 Å². The van der Waals surface area contributed by atoms with Crippen molar-refractivity contribution in [2.45, 2.75) is 19.4 Å². The van der Waals surface area contributed by atoms with Gasteiger partial charge < -0.3 is 25.8 Å². The fourth-order valence-corrected chi connectivity index (χ4v) is 3.17. The Balaban J connectivity index is 1.81. The normalized spacial score (nSPS) is 26.1. The van der Waals surface area contributed by atoms with Crippen LogP contribution in [-0.4, -0.2) is 47.0 Å². The van der Waals surface area contributed by atoms with E-state index in [1.54, 1.807) is 0 Å². The number of carbonyl (C=O) groups is 1. The zero-order valence-corrected chi connectivity index (χ0v) is 12.2. The summed E-state index contributed by atoms with van der Waals surface area (Å²) in [7, 11) is 0. The van der Waals surface area contributed by atoms with Gasteiger partial charge in [-0.3, -0.25) is 14.6 Å². The molecule has 0 aromatic carbocycles. The van der Waals surface area contributed by atoms with Crippen molar-refractivity contribution in [3.8, 4) is 0 Å². The molecule has 0 unspecified atom stereocenters. The quantitative estimate of drug-likeness (QED) is 0.526. The molecule has 5 N–H and O–H groups in total. The summed E-state index contributed by atoms with van der Waals surface area (Å²) in [5.41, 5.74) is 5.70. The number of rotatable bonds is 4. The average Bonchev–Trinajstić information content (AvgIpc) is 2.82. The molecule has 9 nitrogen and oxygen atoms in total. The molecule has 22 heavy (non-hydrogen) atoms. The van der Waals surface area contributed by atoms with E-state index in [2.05, 4.69) is 15.3 Å². The second-order valence-corrected chi connectivity index (χ2v) is 5.67. The van der Waals surface area contributed by atoms with Gasteiger partial charge in [-0.1, -0.05) is 0 Å². The number of aliphatic hydroxyl groups excluding tert-OH is 1. The van der Waals surface area contributed by atoms with E-state index < -0.39 is 0 Å². The van der Waals surface area contributed by atoms with Gasteiger partial charge in [0.05, 0.1) is 13.3 Å². The number of carbonyl (C=O) groups excluding carboxylic acids is 1. The van der Waals surface area contributed by atoms with E-state index in [0.29, 0.717) is 18.2 Å². The van der Waals surface area contributed by atoms with E-state index in [1.165, 1.54) is 6.92 Å². The van der Waals surface area contributed by atoms with Crippen molar-refractivity contribution in [3.63, 3.8) is 0 Å². The molecule has 9 heteroatoms. The van der Waals surface area contributed by atoms with Gasteiger partial charge in [-0.15, -0.1) is 0 Å². The first-order chi connectivity index (χ1) is 10.5. The molecule has 0 radical (unpaired) electrons. The predicted molar refractivity (Wildman–Crippen MR) is 79.3 cm³/mol. The highest BCUT2D eigenvalue weighted by Crippen LogP contribution is 2.42. The molecule has 3 rings (SSSR count). The minimum Gasteiger partial charge on any atom is -0.465 e. The fourth-order valence-electron chi connectivity index (χ4n) is 3.17. The third-order valence-electron chi connectivity index (χ3n) is 4.37. The Labute approximate surface area is 126 Å². The van der Waals surface area contributed by atoms with E-state index in [-0.39, 0.29) is 48.6 Å². The molecule has 0 saturated heterocycles. The topological polar surface area (TPSA) is 134 Å². The number of anilines is 3. The lowest BCUT2D eigenvalue weighted by molar-refractivity contribution is -0.145. The van der Waals surface area contributed by atoms with Crippen molar-refractivity contribution in [2.75, 3.05) is 35.8 Å². The summed E-state index contributed by atoms with van der Waals surface area (Å²) in [6.45, 7) is 2.08. The van der Waals surface area contributed by atoms with Crippen LogP contribution in [-0.2, 0) is 9.53 Å². The first-order valence-electron chi connectivity index (χ1n) is 7.15. The second kappa shape index (κ2) is 5.48. The SMILES string of the molecule is CC(=O)OC[C@@H]1[C@@H](CO)C[C@H]1N1CNc2c1nc(N)[nH]c2=O. The van der Waals surface area contributed by atoms with Gasteiger partial charge in [-0.05, 0) is 12.3 Å². The molecule has 1 aromatic rings. The number of aromatic nitrogens is 2. The molecule has 0 amide bonds. The number of nitrogens with two attached hydrogens (primary N) is 1. The number of aromatic amines is 1. The van der Waals surface area contributed by atoms with Crippen molar-refractivity contribution in [1.82, 2.24) is 9.97 Å². The molecular weight excluding hydrogens is 290 g/mol. The molecule has 2 heterocycles. The largest absolute Gasteiger partial charge is 0.465 e. The summed E-state index contributed by atoms with van der Waals surface area (Å²) in [5.74, 6) is 0.306. The van der Waals surface area contributed by atoms with Crippen molar-refractivity contribution in [2.24, 2.45) is 11.8 Å². The summed E-state index contributed by atoms with van der Waals surface area (Å²) in [5, 5.41) is 12.4. The van der Waals surface area contributed by atoms with Gasteiger partial charge in [0.2, 0.25) is 5.95 Å². The van der Waals surface area contributed by atoms with Crippen molar-refractivity contribution in [3.05, 3.63) is 10.4 Å². The van der Waals surface area contributed by atoms with Crippen LogP contribution in [0.5, 0.6) is 0 Å². The van der Waals surface area contributed by atoms with Gasteiger partial charge in [0, 0.05) is 25.5 Å². The van der Waals surface area contributed by atoms with Crippen molar-refractivity contribution >= 4 is 23.4 Å². The Hall–Kier alpha value is -2.29. The summed E-state index contributed by atoms with van der Waals surface area (Å²) in [4.78, 5) is 31.5. The number of fused-ring (bicyclic) bond motifs is 1. The van der Waals surface area contributed by atoms with Crippen LogP contribution in [0.4, 0.5) is 17.5 Å². The monoisotopic (exact) mass is 309 g/mol. The van der Waals surface area contributed by atoms with Gasteiger partial charge in [-0.2, -0.15) is 4.98 Å². The maximum atomic E-state index is 11.8. The van der Waals surface area contributed by atoms with Gasteiger partial charge in [0.15, 0.2) is 5.82 Å². The highest BCUT2D eigenvalue weighted by molar-refractivity contribution is 5.71. The highest BCUT2D eigenvalue weighted by Gasteiger charge is 2.46. The Morgan fingerprint density at radius 1 is 1.59 bits per heavy atom. The maximum absolute atomic E-state index is 11.8. The number of hydrogen-bond donors (Lipinski definition) is 4. The van der Waals surface area contributed by atoms with E-state index in [1.807, 2.05) is 4.90 Å². The predicted octanol–water partition coefficient (Wildman–Crippen LogP) is -0.898. The maximum Gasteiger partial charge on any atom is 0.302 e. The van der Waals surface area contributed by atoms with Crippen LogP contribution in [0.15, 0.2) is 4.79 Å². The van der Waals surface area contributed by atoms with Crippen LogP contribution < -0.4 is 21.5 Å². The number of nitrogens with zero attached hydrogens (tertiary/aromatic N) is 2. The molecule has 1 aliphatic heterocycles. The van der Waals surface area contributed by atoms with Gasteiger partial charge in [0.25, 0.3) is 5.56 Å². The van der Waals surface area contributed by atoms with Crippen molar-refractivity contribution in [1.29, 1.82) is 0 Å². The number of H-pyrrole nitrogens is 1. The van der Waals surface area contributed by atoms with Crippen LogP contribution >= 0.6 is 0 Å². The zero-order valence-electron chi connectivity index (χ0n) is 12.2. The van der Waals surface area contributed by atoms with Gasteiger partial charge >= 0.3 is 5.97 Å². The lowest BCUT2D eigenvalue weighted by atomic mass is 9.69. The number of nitrogens with one attached hydrogen (secondary N) is 2. The molecule has 1 aliphatic carbocycles. The summed E-state index contributed by atoms with van der Waals surface area (Å²) < 4.78 is 5.09. The molecule has 0 bridgehead atoms.